The maximum absolute atomic E-state index is 12.4. The van der Waals surface area contributed by atoms with Crippen LogP contribution in [0.3, 0.4) is 0 Å². The van der Waals surface area contributed by atoms with E-state index in [0.717, 1.165) is 31.9 Å². The van der Waals surface area contributed by atoms with Crippen LogP contribution >= 0.6 is 0 Å². The Morgan fingerprint density at radius 1 is 1.48 bits per heavy atom. The predicted octanol–water partition coefficient (Wildman–Crippen LogP) is 2.07. The van der Waals surface area contributed by atoms with E-state index in [-0.39, 0.29) is 5.91 Å². The van der Waals surface area contributed by atoms with Gasteiger partial charge in [-0.2, -0.15) is 0 Å². The average Bonchev–Trinajstić information content (AvgIpc) is 2.94. The largest absolute Gasteiger partial charge is 0.384 e. The molecule has 1 aromatic rings. The molecule has 21 heavy (non-hydrogen) atoms. The van der Waals surface area contributed by atoms with Crippen molar-refractivity contribution in [2.75, 3.05) is 38.5 Å². The molecule has 1 unspecified atom stereocenters. The van der Waals surface area contributed by atoms with Crippen LogP contribution in [0.5, 0.6) is 0 Å². The quantitative estimate of drug-likeness (QED) is 0.871. The average molecular weight is 290 g/mol. The van der Waals surface area contributed by atoms with Gasteiger partial charge in [0.1, 0.15) is 5.69 Å². The summed E-state index contributed by atoms with van der Waals surface area (Å²) in [5.74, 6) is 0.000927. The highest BCUT2D eigenvalue weighted by atomic mass is 16.2. The second-order valence-corrected chi connectivity index (χ2v) is 5.57. The molecule has 5 nitrogen and oxygen atoms in total. The number of nitrogens with zero attached hydrogens (tertiary/aromatic N) is 3. The molecule has 1 aliphatic rings. The minimum absolute atomic E-state index is 0.000927. The van der Waals surface area contributed by atoms with Crippen LogP contribution in [0.15, 0.2) is 18.3 Å². The molecule has 1 saturated heterocycles. The highest BCUT2D eigenvalue weighted by molar-refractivity contribution is 5.92. The first-order valence-electron chi connectivity index (χ1n) is 7.85. The van der Waals surface area contributed by atoms with Crippen molar-refractivity contribution in [2.45, 2.75) is 32.7 Å². The summed E-state index contributed by atoms with van der Waals surface area (Å²) in [6.07, 6.45) is 4.13. The number of nitrogens with one attached hydrogen (secondary N) is 1. The first-order valence-corrected chi connectivity index (χ1v) is 7.85. The Labute approximate surface area is 127 Å². The molecule has 1 amide bonds. The molecule has 0 aromatic carbocycles. The van der Waals surface area contributed by atoms with Crippen molar-refractivity contribution in [1.82, 2.24) is 14.8 Å². The molecule has 0 aliphatic carbocycles. The minimum atomic E-state index is 0.000927. The zero-order chi connectivity index (χ0) is 15.2. The molecule has 0 spiro atoms. The van der Waals surface area contributed by atoms with Crippen LogP contribution < -0.4 is 5.32 Å². The molecule has 2 heterocycles. The zero-order valence-corrected chi connectivity index (χ0v) is 13.3. The summed E-state index contributed by atoms with van der Waals surface area (Å²) in [6.45, 7) is 8.06. The van der Waals surface area contributed by atoms with E-state index < -0.39 is 0 Å². The Balaban J connectivity index is 1.95. The molecule has 1 atom stereocenters. The Hall–Kier alpha value is -1.62. The van der Waals surface area contributed by atoms with E-state index in [1.165, 1.54) is 12.8 Å². The lowest BCUT2D eigenvalue weighted by Gasteiger charge is -2.27. The first kappa shape index (κ1) is 15.8. The molecule has 1 aromatic heterocycles. The van der Waals surface area contributed by atoms with Crippen LogP contribution in [0.1, 0.15) is 37.2 Å². The normalized spacial score (nSPS) is 18.7. The van der Waals surface area contributed by atoms with Gasteiger partial charge in [0, 0.05) is 26.2 Å². The third-order valence-electron chi connectivity index (χ3n) is 4.10. The van der Waals surface area contributed by atoms with Crippen LogP contribution in [0.25, 0.3) is 0 Å². The van der Waals surface area contributed by atoms with Crippen LogP contribution in [-0.4, -0.2) is 60.0 Å². The van der Waals surface area contributed by atoms with Crippen molar-refractivity contribution in [3.8, 4) is 0 Å². The van der Waals surface area contributed by atoms with E-state index in [2.05, 4.69) is 22.1 Å². The lowest BCUT2D eigenvalue weighted by atomic mass is 10.2. The Morgan fingerprint density at radius 2 is 2.29 bits per heavy atom. The molecular weight excluding hydrogens is 264 g/mol. The molecule has 1 N–H and O–H groups in total. The van der Waals surface area contributed by atoms with E-state index in [1.807, 2.05) is 20.0 Å². The summed E-state index contributed by atoms with van der Waals surface area (Å²) in [6, 6.07) is 4.19. The highest BCUT2D eigenvalue weighted by Crippen LogP contribution is 2.18. The van der Waals surface area contributed by atoms with Crippen LogP contribution in [-0.2, 0) is 0 Å². The summed E-state index contributed by atoms with van der Waals surface area (Å²) in [4.78, 5) is 20.9. The van der Waals surface area contributed by atoms with Crippen molar-refractivity contribution in [3.63, 3.8) is 0 Å². The number of anilines is 1. The highest BCUT2D eigenvalue weighted by Gasteiger charge is 2.26. The van der Waals surface area contributed by atoms with Gasteiger partial charge < -0.3 is 10.2 Å². The van der Waals surface area contributed by atoms with E-state index in [9.17, 15) is 4.79 Å². The Kier molecular flexibility index (Phi) is 5.56. The van der Waals surface area contributed by atoms with Gasteiger partial charge in [-0.25, -0.2) is 4.98 Å². The smallest absolute Gasteiger partial charge is 0.272 e. The van der Waals surface area contributed by atoms with Gasteiger partial charge in [0.15, 0.2) is 0 Å². The number of aromatic nitrogens is 1. The van der Waals surface area contributed by atoms with Gasteiger partial charge in [0.05, 0.1) is 11.9 Å². The summed E-state index contributed by atoms with van der Waals surface area (Å²) < 4.78 is 0. The monoisotopic (exact) mass is 290 g/mol. The number of hydrogen-bond acceptors (Lipinski definition) is 4. The number of likely N-dealkylation sites (tertiary alicyclic amines) is 1. The van der Waals surface area contributed by atoms with Gasteiger partial charge in [0.25, 0.3) is 5.91 Å². The second-order valence-electron chi connectivity index (χ2n) is 5.57. The lowest BCUT2D eigenvalue weighted by Crippen LogP contribution is -2.41. The summed E-state index contributed by atoms with van der Waals surface area (Å²) in [5, 5.41) is 3.18. The van der Waals surface area contributed by atoms with Crippen molar-refractivity contribution in [2.24, 2.45) is 0 Å². The van der Waals surface area contributed by atoms with Gasteiger partial charge >= 0.3 is 0 Å². The topological polar surface area (TPSA) is 48.5 Å². The standard InChI is InChI=1S/C16H26N4O/c1-4-17-13-8-9-15(18-11-13)16(21)19(3)12-14-7-6-10-20(14)5-2/h8-9,11,14,17H,4-7,10,12H2,1-3H3. The van der Waals surface area contributed by atoms with Gasteiger partial charge in [0.2, 0.25) is 0 Å². The van der Waals surface area contributed by atoms with Crippen LogP contribution in [0.2, 0.25) is 0 Å². The molecule has 0 radical (unpaired) electrons. The van der Waals surface area contributed by atoms with Gasteiger partial charge in [-0.15, -0.1) is 0 Å². The Morgan fingerprint density at radius 3 is 2.90 bits per heavy atom. The molecule has 116 valence electrons. The van der Waals surface area contributed by atoms with E-state index in [1.54, 1.807) is 17.2 Å². The van der Waals surface area contributed by atoms with Crippen molar-refractivity contribution >= 4 is 11.6 Å². The number of rotatable bonds is 6. The fourth-order valence-electron chi connectivity index (χ4n) is 2.94. The number of amides is 1. The Bertz CT molecular complexity index is 460. The van der Waals surface area contributed by atoms with E-state index >= 15 is 0 Å². The summed E-state index contributed by atoms with van der Waals surface area (Å²) in [5.41, 5.74) is 1.46. The molecule has 1 aliphatic heterocycles. The molecule has 0 saturated carbocycles. The maximum Gasteiger partial charge on any atom is 0.272 e. The van der Waals surface area contributed by atoms with Gasteiger partial charge in [-0.05, 0) is 45.0 Å². The van der Waals surface area contributed by atoms with E-state index in [4.69, 9.17) is 0 Å². The van der Waals surface area contributed by atoms with Crippen LogP contribution in [0.4, 0.5) is 5.69 Å². The lowest BCUT2D eigenvalue weighted by molar-refractivity contribution is 0.0749. The van der Waals surface area contributed by atoms with Crippen molar-refractivity contribution in [3.05, 3.63) is 24.0 Å². The van der Waals surface area contributed by atoms with E-state index in [0.29, 0.717) is 11.7 Å². The third kappa shape index (κ3) is 3.94. The number of likely N-dealkylation sites (N-methyl/N-ethyl adjacent to an activating group) is 2. The first-order chi connectivity index (χ1) is 10.2. The van der Waals surface area contributed by atoms with Gasteiger partial charge in [-0.1, -0.05) is 6.92 Å². The number of carbonyl (C=O) groups is 1. The minimum Gasteiger partial charge on any atom is -0.384 e. The number of carbonyl (C=O) groups excluding carboxylic acids is 1. The van der Waals surface area contributed by atoms with Crippen molar-refractivity contribution < 1.29 is 4.79 Å². The second kappa shape index (κ2) is 7.41. The zero-order valence-electron chi connectivity index (χ0n) is 13.3. The van der Waals surface area contributed by atoms with Gasteiger partial charge in [-0.3, -0.25) is 9.69 Å². The van der Waals surface area contributed by atoms with Crippen molar-refractivity contribution in [1.29, 1.82) is 0 Å². The fraction of sp³-hybridized carbons (Fsp3) is 0.625. The number of pyridine rings is 1. The summed E-state index contributed by atoms with van der Waals surface area (Å²) >= 11 is 0. The predicted molar refractivity (Wildman–Crippen MR) is 85.6 cm³/mol. The fourth-order valence-corrected chi connectivity index (χ4v) is 2.94. The molecule has 2 rings (SSSR count). The molecule has 5 heteroatoms. The summed E-state index contributed by atoms with van der Waals surface area (Å²) in [7, 11) is 1.87. The molecular formula is C16H26N4O. The SMILES string of the molecule is CCNc1ccc(C(=O)N(C)CC2CCCN2CC)nc1. The molecule has 1 fully saturated rings. The van der Waals surface area contributed by atoms with Crippen LogP contribution in [0, 0.1) is 0 Å². The number of hydrogen-bond donors (Lipinski definition) is 1. The maximum atomic E-state index is 12.4. The third-order valence-corrected chi connectivity index (χ3v) is 4.10. The molecule has 0 bridgehead atoms.